The molecule has 1 aromatic heterocycles. The molecule has 1 aliphatic rings. The Morgan fingerprint density at radius 2 is 1.76 bits per heavy atom. The predicted molar refractivity (Wildman–Crippen MR) is 129 cm³/mol. The number of unbranched alkanes of at least 4 members (excludes halogenated alkanes) is 4. The van der Waals surface area contributed by atoms with E-state index in [0.717, 1.165) is 62.3 Å². The van der Waals surface area contributed by atoms with Crippen LogP contribution >= 0.6 is 0 Å². The Labute approximate surface area is 200 Å². The molecule has 10 heteroatoms. The second kappa shape index (κ2) is 12.5. The standard InChI is InChI=1S/C24H35F3N2O4S/c1-5-7-9-10-12-19(11-8-6-2)16-32-22-15-23(33-34(30,31)24(25,26)27)29-21(22)14-20-17(3)13-18(4)28-20/h13-15,19,29H,5-12,16H2,1-4H3/b20-14+. The molecule has 1 unspecified atom stereocenters. The van der Waals surface area contributed by atoms with E-state index in [9.17, 15) is 21.6 Å². The molecule has 0 spiro atoms. The van der Waals surface area contributed by atoms with Crippen molar-refractivity contribution < 1.29 is 30.5 Å². The molecule has 6 nitrogen and oxygen atoms in total. The van der Waals surface area contributed by atoms with Crippen molar-refractivity contribution in [2.75, 3.05) is 6.61 Å². The zero-order valence-electron chi connectivity index (χ0n) is 20.3. The van der Waals surface area contributed by atoms with E-state index in [1.807, 2.05) is 19.9 Å². The van der Waals surface area contributed by atoms with Crippen molar-refractivity contribution >= 4 is 21.9 Å². The number of nitrogens with zero attached hydrogens (tertiary/aromatic N) is 1. The number of nitrogens with one attached hydrogen (secondary N) is 1. The molecule has 0 aromatic carbocycles. The minimum atomic E-state index is -5.81. The van der Waals surface area contributed by atoms with Gasteiger partial charge in [-0.1, -0.05) is 52.4 Å². The lowest BCUT2D eigenvalue weighted by Gasteiger charge is -2.17. The number of hydrogen-bond acceptors (Lipinski definition) is 5. The lowest BCUT2D eigenvalue weighted by Crippen LogP contribution is -2.28. The first-order chi connectivity index (χ1) is 16.0. The Morgan fingerprint density at radius 1 is 1.09 bits per heavy atom. The highest BCUT2D eigenvalue weighted by atomic mass is 32.2. The maximum atomic E-state index is 12.8. The Kier molecular flexibility index (Phi) is 10.3. The Hall–Kier alpha value is -2.23. The van der Waals surface area contributed by atoms with Gasteiger partial charge in [0.1, 0.15) is 5.75 Å². The molecule has 1 N–H and O–H groups in total. The summed E-state index contributed by atoms with van der Waals surface area (Å²) in [4.78, 5) is 6.99. The molecule has 0 bridgehead atoms. The Bertz CT molecular complexity index is 1010. The molecule has 0 fully saturated rings. The van der Waals surface area contributed by atoms with Gasteiger partial charge in [-0.05, 0) is 50.3 Å². The van der Waals surface area contributed by atoms with Crippen molar-refractivity contribution in [2.45, 2.75) is 84.6 Å². The summed E-state index contributed by atoms with van der Waals surface area (Å²) in [5, 5.41) is 0. The van der Waals surface area contributed by atoms with Crippen LogP contribution in [0.25, 0.3) is 6.08 Å². The lowest BCUT2D eigenvalue weighted by atomic mass is 9.96. The van der Waals surface area contributed by atoms with E-state index < -0.39 is 21.5 Å². The van der Waals surface area contributed by atoms with Crippen LogP contribution in [0.3, 0.4) is 0 Å². The van der Waals surface area contributed by atoms with Crippen molar-refractivity contribution in [3.8, 4) is 11.6 Å². The number of aromatic nitrogens is 1. The topological polar surface area (TPSA) is 80.8 Å². The average Bonchev–Trinajstić information content (AvgIpc) is 3.26. The molecular weight excluding hydrogens is 469 g/mol. The molecule has 192 valence electrons. The number of aromatic amines is 1. The van der Waals surface area contributed by atoms with Gasteiger partial charge in [-0.3, -0.25) is 4.99 Å². The molecule has 0 saturated heterocycles. The number of aliphatic imine (C=N–C) groups is 1. The first-order valence-corrected chi connectivity index (χ1v) is 13.2. The van der Waals surface area contributed by atoms with Gasteiger partial charge in [0.15, 0.2) is 0 Å². The summed E-state index contributed by atoms with van der Waals surface area (Å²) in [5.74, 6) is -0.0427. The van der Waals surface area contributed by atoms with E-state index in [2.05, 4.69) is 28.0 Å². The van der Waals surface area contributed by atoms with Gasteiger partial charge in [0.2, 0.25) is 5.88 Å². The third kappa shape index (κ3) is 8.21. The third-order valence-electron chi connectivity index (χ3n) is 5.58. The van der Waals surface area contributed by atoms with Crippen LogP contribution in [-0.4, -0.2) is 31.2 Å². The van der Waals surface area contributed by atoms with Crippen LogP contribution in [0, 0.1) is 5.92 Å². The van der Waals surface area contributed by atoms with Gasteiger partial charge in [0.05, 0.1) is 18.0 Å². The van der Waals surface area contributed by atoms with Crippen LogP contribution in [-0.2, 0) is 10.1 Å². The fourth-order valence-corrected chi connectivity index (χ4v) is 4.14. The molecule has 1 aliphatic heterocycles. The molecule has 0 aliphatic carbocycles. The van der Waals surface area contributed by atoms with Gasteiger partial charge in [0, 0.05) is 11.8 Å². The highest BCUT2D eigenvalue weighted by Crippen LogP contribution is 2.33. The minimum Gasteiger partial charge on any atom is -0.491 e. The number of allylic oxidation sites excluding steroid dienone is 2. The molecule has 1 atom stereocenters. The second-order valence-corrected chi connectivity index (χ2v) is 10.2. The van der Waals surface area contributed by atoms with E-state index in [1.165, 1.54) is 6.42 Å². The quantitative estimate of drug-likeness (QED) is 0.166. The normalized spacial score (nSPS) is 16.5. The minimum absolute atomic E-state index is 0.225. The van der Waals surface area contributed by atoms with Gasteiger partial charge in [-0.2, -0.15) is 21.6 Å². The number of hydrogen-bond donors (Lipinski definition) is 1. The van der Waals surface area contributed by atoms with Crippen LogP contribution < -0.4 is 8.92 Å². The summed E-state index contributed by atoms with van der Waals surface area (Å²) < 4.78 is 71.7. The molecule has 2 rings (SSSR count). The predicted octanol–water partition coefficient (Wildman–Crippen LogP) is 7.16. The van der Waals surface area contributed by atoms with Gasteiger partial charge in [0.25, 0.3) is 0 Å². The average molecular weight is 505 g/mol. The number of rotatable bonds is 14. The van der Waals surface area contributed by atoms with Crippen LogP contribution in [0.4, 0.5) is 13.2 Å². The molecule has 1 aromatic rings. The molecule has 0 radical (unpaired) electrons. The monoisotopic (exact) mass is 504 g/mol. The van der Waals surface area contributed by atoms with E-state index in [4.69, 9.17) is 4.74 Å². The lowest BCUT2D eigenvalue weighted by molar-refractivity contribution is -0.0501. The van der Waals surface area contributed by atoms with E-state index >= 15 is 0 Å². The van der Waals surface area contributed by atoms with E-state index in [-0.39, 0.29) is 5.75 Å². The highest BCUT2D eigenvalue weighted by molar-refractivity contribution is 7.87. The van der Waals surface area contributed by atoms with Gasteiger partial charge in [-0.25, -0.2) is 0 Å². The maximum Gasteiger partial charge on any atom is 0.534 e. The summed E-state index contributed by atoms with van der Waals surface area (Å²) >= 11 is 0. The van der Waals surface area contributed by atoms with Crippen LogP contribution in [0.1, 0.15) is 84.8 Å². The first-order valence-electron chi connectivity index (χ1n) is 11.8. The van der Waals surface area contributed by atoms with E-state index in [0.29, 0.717) is 23.9 Å². The number of H-pyrrole nitrogens is 1. The van der Waals surface area contributed by atoms with Gasteiger partial charge >= 0.3 is 15.6 Å². The van der Waals surface area contributed by atoms with Crippen molar-refractivity contribution in [3.05, 3.63) is 29.1 Å². The number of halogens is 3. The molecular formula is C24H35F3N2O4S. The fourth-order valence-electron chi connectivity index (χ4n) is 3.72. The molecule has 0 saturated carbocycles. The largest absolute Gasteiger partial charge is 0.534 e. The van der Waals surface area contributed by atoms with E-state index in [1.54, 1.807) is 6.08 Å². The SMILES string of the molecule is CCCCCCC(CCCC)COc1cc(OS(=O)(=O)C(F)(F)F)[nH]c1/C=C1/N=C(C)C=C1C. The highest BCUT2D eigenvalue weighted by Gasteiger charge is 2.49. The number of ether oxygens (including phenoxy) is 1. The van der Waals surface area contributed by atoms with Crippen molar-refractivity contribution in [3.63, 3.8) is 0 Å². The zero-order valence-corrected chi connectivity index (χ0v) is 21.1. The Balaban J connectivity index is 2.26. The molecule has 2 heterocycles. The summed E-state index contributed by atoms with van der Waals surface area (Å²) in [5.41, 5.74) is -2.96. The summed E-state index contributed by atoms with van der Waals surface area (Å²) in [6.07, 6.45) is 12.2. The summed E-state index contributed by atoms with van der Waals surface area (Å²) in [7, 11) is -5.81. The van der Waals surface area contributed by atoms with Crippen LogP contribution in [0.2, 0.25) is 0 Å². The maximum absolute atomic E-state index is 12.8. The van der Waals surface area contributed by atoms with Crippen LogP contribution in [0.5, 0.6) is 11.6 Å². The smallest absolute Gasteiger partial charge is 0.491 e. The molecule has 0 amide bonds. The zero-order chi connectivity index (χ0) is 25.4. The van der Waals surface area contributed by atoms with Crippen molar-refractivity contribution in [1.82, 2.24) is 4.98 Å². The Morgan fingerprint density at radius 3 is 2.35 bits per heavy atom. The number of alkyl halides is 3. The summed E-state index contributed by atoms with van der Waals surface area (Å²) in [6.45, 7) is 8.35. The van der Waals surface area contributed by atoms with Gasteiger partial charge in [-0.15, -0.1) is 0 Å². The fraction of sp³-hybridized carbons (Fsp3) is 0.625. The third-order valence-corrected chi connectivity index (χ3v) is 6.55. The van der Waals surface area contributed by atoms with Crippen molar-refractivity contribution in [2.24, 2.45) is 10.9 Å². The summed E-state index contributed by atoms with van der Waals surface area (Å²) in [6, 6.07) is 1.15. The first kappa shape index (κ1) is 28.0. The second-order valence-electron chi connectivity index (χ2n) is 8.67. The van der Waals surface area contributed by atoms with Crippen LogP contribution in [0.15, 0.2) is 28.4 Å². The van der Waals surface area contributed by atoms with Crippen molar-refractivity contribution in [1.29, 1.82) is 0 Å². The van der Waals surface area contributed by atoms with Gasteiger partial charge < -0.3 is 13.9 Å². The molecule has 34 heavy (non-hydrogen) atoms.